The predicted octanol–water partition coefficient (Wildman–Crippen LogP) is 1.21. The smallest absolute Gasteiger partial charge is 0.282 e. The van der Waals surface area contributed by atoms with E-state index in [1.165, 1.54) is 0 Å². The summed E-state index contributed by atoms with van der Waals surface area (Å²) in [6.07, 6.45) is 5.17. The van der Waals surface area contributed by atoms with Crippen molar-refractivity contribution in [1.29, 1.82) is 0 Å². The van der Waals surface area contributed by atoms with Gasteiger partial charge in [-0.1, -0.05) is 5.16 Å². The summed E-state index contributed by atoms with van der Waals surface area (Å²) in [5.74, 6) is 0.980. The van der Waals surface area contributed by atoms with Crippen molar-refractivity contribution < 1.29 is 17.7 Å². The number of nitrogens with one attached hydrogen (secondary N) is 2. The van der Waals surface area contributed by atoms with Crippen LogP contribution in [0.3, 0.4) is 0 Å². The summed E-state index contributed by atoms with van der Waals surface area (Å²) in [6.45, 7) is 5.69. The maximum atomic E-state index is 13.4. The first-order chi connectivity index (χ1) is 14.2. The highest BCUT2D eigenvalue weighted by atomic mass is 32.2. The summed E-state index contributed by atoms with van der Waals surface area (Å²) < 4.78 is 35.5. The van der Waals surface area contributed by atoms with Crippen LogP contribution in [0.15, 0.2) is 10.6 Å². The summed E-state index contributed by atoms with van der Waals surface area (Å²) in [7, 11) is -3.51. The number of carbonyl (C=O) groups excluding carboxylic acids is 1. The van der Waals surface area contributed by atoms with Crippen LogP contribution in [0, 0.1) is 0 Å². The van der Waals surface area contributed by atoms with Gasteiger partial charge in [-0.2, -0.15) is 17.0 Å². The van der Waals surface area contributed by atoms with Gasteiger partial charge in [0.25, 0.3) is 16.1 Å². The van der Waals surface area contributed by atoms with Crippen molar-refractivity contribution in [3.8, 4) is 0 Å². The lowest BCUT2D eigenvalue weighted by Crippen LogP contribution is -2.63. The van der Waals surface area contributed by atoms with Crippen molar-refractivity contribution >= 4 is 16.1 Å². The normalized spacial score (nSPS) is 32.3. The lowest BCUT2D eigenvalue weighted by Gasteiger charge is -2.44. The van der Waals surface area contributed by atoms with Crippen molar-refractivity contribution in [3.63, 3.8) is 0 Å². The van der Waals surface area contributed by atoms with Crippen LogP contribution in [0.2, 0.25) is 0 Å². The molecule has 1 aromatic heterocycles. The molecule has 4 fully saturated rings. The van der Waals surface area contributed by atoms with Crippen LogP contribution in [0.25, 0.3) is 0 Å². The minimum absolute atomic E-state index is 0.0398. The van der Waals surface area contributed by atoms with Crippen LogP contribution in [-0.4, -0.2) is 71.4 Å². The van der Waals surface area contributed by atoms with Crippen molar-refractivity contribution in [2.24, 2.45) is 0 Å². The van der Waals surface area contributed by atoms with E-state index >= 15 is 0 Å². The number of aromatic nitrogens is 1. The molecule has 4 aliphatic rings. The Morgan fingerprint density at radius 1 is 1.23 bits per heavy atom. The van der Waals surface area contributed by atoms with Gasteiger partial charge in [-0.15, -0.1) is 0 Å². The van der Waals surface area contributed by atoms with Gasteiger partial charge in [0.15, 0.2) is 5.69 Å². The molecule has 5 rings (SSSR count). The molecule has 0 radical (unpaired) electrons. The predicted molar refractivity (Wildman–Crippen MR) is 110 cm³/mol. The molecule has 1 amide bonds. The van der Waals surface area contributed by atoms with Gasteiger partial charge in [0.05, 0.1) is 0 Å². The molecule has 3 saturated heterocycles. The third-order valence-corrected chi connectivity index (χ3v) is 8.96. The molecule has 1 aromatic rings. The number of hydrogen-bond acceptors (Lipinski definition) is 6. The van der Waals surface area contributed by atoms with Crippen molar-refractivity contribution in [1.82, 2.24) is 24.4 Å². The Bertz CT molecular complexity index is 911. The quantitative estimate of drug-likeness (QED) is 0.717. The number of rotatable bonds is 5. The number of piperidine rings is 1. The third-order valence-electron chi connectivity index (χ3n) is 6.87. The summed E-state index contributed by atoms with van der Waals surface area (Å²) in [6, 6.07) is 1.59. The Morgan fingerprint density at radius 3 is 2.57 bits per heavy atom. The number of carbonyl (C=O) groups is 1. The minimum Gasteiger partial charge on any atom is -0.360 e. The zero-order valence-corrected chi connectivity index (χ0v) is 18.5. The van der Waals surface area contributed by atoms with E-state index < -0.39 is 10.2 Å². The standard InChI is InChI=1S/C20H31N5O4S/c1-20(2)12-24(8-7-21-20)30(27,28)25-15-5-6-16(25)10-14(9-15)22-19(26)17-11-18(29-23-17)13-3-4-13/h11,13-16,21H,3-10,12H2,1-2H3,(H,22,26)/t14?,15-,16+. The number of piperazine rings is 1. The fourth-order valence-corrected chi connectivity index (χ4v) is 7.48. The van der Waals surface area contributed by atoms with Crippen LogP contribution in [0.1, 0.15) is 74.5 Å². The maximum Gasteiger partial charge on any atom is 0.282 e. The molecule has 3 aliphatic heterocycles. The first kappa shape index (κ1) is 20.4. The van der Waals surface area contributed by atoms with Gasteiger partial charge in [-0.3, -0.25) is 4.79 Å². The molecule has 3 atom stereocenters. The van der Waals surface area contributed by atoms with E-state index in [1.807, 2.05) is 13.8 Å². The molecule has 2 N–H and O–H groups in total. The van der Waals surface area contributed by atoms with Crippen LogP contribution >= 0.6 is 0 Å². The van der Waals surface area contributed by atoms with Crippen LogP contribution in [0.5, 0.6) is 0 Å². The number of amides is 1. The molecule has 1 aliphatic carbocycles. The van der Waals surface area contributed by atoms with Crippen LogP contribution in [0.4, 0.5) is 0 Å². The highest BCUT2D eigenvalue weighted by molar-refractivity contribution is 7.86. The first-order valence-corrected chi connectivity index (χ1v) is 12.4. The number of nitrogens with zero attached hydrogens (tertiary/aromatic N) is 3. The molecule has 166 valence electrons. The molecule has 1 unspecified atom stereocenters. The van der Waals surface area contributed by atoms with Gasteiger partial charge >= 0.3 is 0 Å². The van der Waals surface area contributed by atoms with Crippen LogP contribution in [-0.2, 0) is 10.2 Å². The largest absolute Gasteiger partial charge is 0.360 e. The Hall–Kier alpha value is -1.49. The summed E-state index contributed by atoms with van der Waals surface area (Å²) in [4.78, 5) is 12.6. The average molecular weight is 438 g/mol. The van der Waals surface area contributed by atoms with Crippen molar-refractivity contribution in [3.05, 3.63) is 17.5 Å². The maximum absolute atomic E-state index is 13.4. The van der Waals surface area contributed by atoms with Gasteiger partial charge in [0.2, 0.25) is 0 Å². The topological polar surface area (TPSA) is 108 Å². The Balaban J connectivity index is 1.24. The Kier molecular flexibility index (Phi) is 4.96. The van der Waals surface area contributed by atoms with E-state index in [-0.39, 0.29) is 29.6 Å². The number of hydrogen-bond donors (Lipinski definition) is 2. The molecule has 10 heteroatoms. The second-order valence-corrected chi connectivity index (χ2v) is 11.7. The first-order valence-electron chi connectivity index (χ1n) is 11.0. The minimum atomic E-state index is -3.51. The molecule has 0 aromatic carbocycles. The molecule has 2 bridgehead atoms. The fraction of sp³-hybridized carbons (Fsp3) is 0.800. The van der Waals surface area contributed by atoms with E-state index in [1.54, 1.807) is 14.7 Å². The zero-order chi connectivity index (χ0) is 21.1. The molecule has 30 heavy (non-hydrogen) atoms. The lowest BCUT2D eigenvalue weighted by molar-refractivity contribution is 0.0896. The lowest BCUT2D eigenvalue weighted by atomic mass is 9.99. The van der Waals surface area contributed by atoms with Gasteiger partial charge in [0, 0.05) is 55.3 Å². The summed E-state index contributed by atoms with van der Waals surface area (Å²) in [5, 5.41) is 10.4. The molecule has 9 nitrogen and oxygen atoms in total. The molecular formula is C20H31N5O4S. The van der Waals surface area contributed by atoms with Gasteiger partial charge < -0.3 is 15.2 Å². The Morgan fingerprint density at radius 2 is 1.93 bits per heavy atom. The zero-order valence-electron chi connectivity index (χ0n) is 17.6. The number of fused-ring (bicyclic) bond motifs is 2. The SMILES string of the molecule is CC1(C)CN(S(=O)(=O)N2[C@@H]3CC[C@H]2CC(NC(=O)c2cc(C4CC4)on2)C3)CCN1. The molecular weight excluding hydrogens is 406 g/mol. The monoisotopic (exact) mass is 437 g/mol. The summed E-state index contributed by atoms with van der Waals surface area (Å²) in [5.41, 5.74) is 0.0930. The second kappa shape index (κ2) is 7.29. The second-order valence-electron chi connectivity index (χ2n) is 9.90. The van der Waals surface area contributed by atoms with E-state index in [9.17, 15) is 13.2 Å². The van der Waals surface area contributed by atoms with E-state index in [0.717, 1.165) is 31.4 Å². The van der Waals surface area contributed by atoms with Gasteiger partial charge in [0.1, 0.15) is 5.76 Å². The third kappa shape index (κ3) is 3.79. The summed E-state index contributed by atoms with van der Waals surface area (Å²) >= 11 is 0. The molecule has 4 heterocycles. The van der Waals surface area contributed by atoms with Crippen LogP contribution < -0.4 is 10.6 Å². The van der Waals surface area contributed by atoms with E-state index in [0.29, 0.717) is 44.1 Å². The molecule has 0 spiro atoms. The van der Waals surface area contributed by atoms with Gasteiger partial charge in [-0.05, 0) is 52.4 Å². The van der Waals surface area contributed by atoms with E-state index in [2.05, 4.69) is 15.8 Å². The highest BCUT2D eigenvalue weighted by Crippen LogP contribution is 2.41. The van der Waals surface area contributed by atoms with Gasteiger partial charge in [-0.25, -0.2) is 0 Å². The fourth-order valence-electron chi connectivity index (χ4n) is 5.27. The molecule has 1 saturated carbocycles. The highest BCUT2D eigenvalue weighted by Gasteiger charge is 2.50. The average Bonchev–Trinajstić information content (AvgIpc) is 3.33. The van der Waals surface area contributed by atoms with Crippen molar-refractivity contribution in [2.45, 2.75) is 82.0 Å². The van der Waals surface area contributed by atoms with E-state index in [4.69, 9.17) is 4.52 Å². The van der Waals surface area contributed by atoms with Crippen molar-refractivity contribution in [2.75, 3.05) is 19.6 Å². The Labute approximate surface area is 177 Å².